The molecule has 0 spiro atoms. The second kappa shape index (κ2) is 3.92. The van der Waals surface area contributed by atoms with Crippen molar-refractivity contribution in [2.45, 2.75) is 13.3 Å². The van der Waals surface area contributed by atoms with Crippen LogP contribution < -0.4 is 0 Å². The summed E-state index contributed by atoms with van der Waals surface area (Å²) in [6.07, 6.45) is 0.263. The molecule has 0 fully saturated rings. The number of benzene rings is 1. The third-order valence-corrected chi connectivity index (χ3v) is 2.12. The monoisotopic (exact) mass is 202 g/mol. The molecule has 0 heterocycles. The maximum atomic E-state index is 10.5. The quantitative estimate of drug-likeness (QED) is 0.675. The maximum Gasteiger partial charge on any atom is 0.226 e. The van der Waals surface area contributed by atoms with Gasteiger partial charge in [-0.05, 0) is 35.7 Å². The largest absolute Gasteiger partial charge is 0.281 e. The van der Waals surface area contributed by atoms with Gasteiger partial charge in [-0.15, -0.1) is 0 Å². The van der Waals surface area contributed by atoms with E-state index < -0.39 is 0 Å². The first-order valence-corrected chi connectivity index (χ1v) is 4.28. The van der Waals surface area contributed by atoms with Crippen LogP contribution >= 0.6 is 23.2 Å². The van der Waals surface area contributed by atoms with E-state index in [0.29, 0.717) is 5.02 Å². The van der Waals surface area contributed by atoms with E-state index in [4.69, 9.17) is 23.2 Å². The minimum Gasteiger partial charge on any atom is -0.281 e. The molecular weight excluding hydrogens is 195 g/mol. The van der Waals surface area contributed by atoms with Crippen molar-refractivity contribution in [3.8, 4) is 0 Å². The Kier molecular flexibility index (Phi) is 3.12. The lowest BCUT2D eigenvalue weighted by Crippen LogP contribution is -1.93. The summed E-state index contributed by atoms with van der Waals surface area (Å²) in [5.41, 5.74) is 1.86. The van der Waals surface area contributed by atoms with Crippen LogP contribution in [0.3, 0.4) is 0 Å². The van der Waals surface area contributed by atoms with Crippen molar-refractivity contribution in [3.63, 3.8) is 0 Å². The summed E-state index contributed by atoms with van der Waals surface area (Å²) in [6.45, 7) is 1.89. The Labute approximate surface area is 81.3 Å². The second-order valence-electron chi connectivity index (χ2n) is 2.62. The fraction of sp³-hybridized carbons (Fsp3) is 0.222. The van der Waals surface area contributed by atoms with Gasteiger partial charge in [-0.25, -0.2) is 0 Å². The number of hydrogen-bond donors (Lipinski definition) is 0. The normalized spacial score (nSPS) is 9.92. The summed E-state index contributed by atoms with van der Waals surface area (Å²) < 4.78 is 0. The summed E-state index contributed by atoms with van der Waals surface area (Å²) in [4.78, 5) is 10.5. The molecule has 0 unspecified atom stereocenters. The first kappa shape index (κ1) is 9.56. The van der Waals surface area contributed by atoms with E-state index in [1.54, 1.807) is 12.1 Å². The van der Waals surface area contributed by atoms with Crippen LogP contribution in [0.4, 0.5) is 0 Å². The molecule has 0 radical (unpaired) electrons. The zero-order valence-corrected chi connectivity index (χ0v) is 8.12. The average Bonchev–Trinajstić information content (AvgIpc) is 1.96. The molecule has 0 aromatic heterocycles. The van der Waals surface area contributed by atoms with E-state index in [9.17, 15) is 4.79 Å². The van der Waals surface area contributed by atoms with Crippen molar-refractivity contribution in [3.05, 3.63) is 34.3 Å². The average molecular weight is 203 g/mol. The fourth-order valence-corrected chi connectivity index (χ4v) is 1.25. The van der Waals surface area contributed by atoms with Gasteiger partial charge in [0.1, 0.15) is 0 Å². The Morgan fingerprint density at radius 3 is 2.67 bits per heavy atom. The zero-order chi connectivity index (χ0) is 9.14. The van der Waals surface area contributed by atoms with Crippen LogP contribution in [-0.4, -0.2) is 5.24 Å². The number of hydrogen-bond acceptors (Lipinski definition) is 1. The second-order valence-corrected chi connectivity index (χ2v) is 3.44. The summed E-state index contributed by atoms with van der Waals surface area (Å²) in [7, 11) is 0. The van der Waals surface area contributed by atoms with Crippen molar-refractivity contribution >= 4 is 28.4 Å². The highest BCUT2D eigenvalue weighted by Gasteiger charge is 2.01. The number of carbonyl (C=O) groups excluding carboxylic acids is 1. The van der Waals surface area contributed by atoms with Gasteiger partial charge < -0.3 is 0 Å². The molecule has 1 aromatic rings. The predicted molar refractivity (Wildman–Crippen MR) is 50.8 cm³/mol. The molecule has 1 aromatic carbocycles. The van der Waals surface area contributed by atoms with Crippen LogP contribution in [0, 0.1) is 6.92 Å². The van der Waals surface area contributed by atoms with Crippen molar-refractivity contribution in [1.29, 1.82) is 0 Å². The molecule has 1 nitrogen and oxygen atoms in total. The summed E-state index contributed by atoms with van der Waals surface area (Å²) in [5, 5.41) is 0.359. The van der Waals surface area contributed by atoms with Crippen molar-refractivity contribution < 1.29 is 4.79 Å². The van der Waals surface area contributed by atoms with E-state index in [-0.39, 0.29) is 11.7 Å². The number of rotatable bonds is 2. The van der Waals surface area contributed by atoms with E-state index in [2.05, 4.69) is 0 Å². The van der Waals surface area contributed by atoms with E-state index >= 15 is 0 Å². The maximum absolute atomic E-state index is 10.5. The molecule has 12 heavy (non-hydrogen) atoms. The molecule has 0 N–H and O–H groups in total. The summed E-state index contributed by atoms with van der Waals surface area (Å²) in [6, 6.07) is 5.43. The molecule has 0 bridgehead atoms. The van der Waals surface area contributed by atoms with Crippen LogP contribution in [0.25, 0.3) is 0 Å². The lowest BCUT2D eigenvalue weighted by Gasteiger charge is -2.00. The Balaban J connectivity index is 2.89. The highest BCUT2D eigenvalue weighted by Crippen LogP contribution is 2.16. The lowest BCUT2D eigenvalue weighted by molar-refractivity contribution is -0.111. The first-order valence-electron chi connectivity index (χ1n) is 3.53. The molecular formula is C9H8Cl2O. The van der Waals surface area contributed by atoms with Crippen LogP contribution in [0.5, 0.6) is 0 Å². The Hall–Kier alpha value is -0.530. The molecule has 0 aliphatic rings. The van der Waals surface area contributed by atoms with Gasteiger partial charge in [0.25, 0.3) is 0 Å². The van der Waals surface area contributed by atoms with Gasteiger partial charge in [0.05, 0.1) is 0 Å². The highest BCUT2D eigenvalue weighted by molar-refractivity contribution is 6.63. The van der Waals surface area contributed by atoms with Crippen molar-refractivity contribution in [2.24, 2.45) is 0 Å². The van der Waals surface area contributed by atoms with Gasteiger partial charge in [0.2, 0.25) is 5.24 Å². The minimum atomic E-state index is -0.350. The Morgan fingerprint density at radius 2 is 2.17 bits per heavy atom. The highest BCUT2D eigenvalue weighted by atomic mass is 35.5. The smallest absolute Gasteiger partial charge is 0.226 e. The topological polar surface area (TPSA) is 17.1 Å². The zero-order valence-electron chi connectivity index (χ0n) is 6.60. The fourth-order valence-electron chi connectivity index (χ4n) is 0.977. The third kappa shape index (κ3) is 2.50. The number of halogens is 2. The molecule has 0 aliphatic heterocycles. The van der Waals surface area contributed by atoms with Gasteiger partial charge in [-0.1, -0.05) is 23.7 Å². The molecule has 0 atom stereocenters. The summed E-state index contributed by atoms with van der Waals surface area (Å²) >= 11 is 11.0. The van der Waals surface area contributed by atoms with Crippen LogP contribution in [0.15, 0.2) is 18.2 Å². The lowest BCUT2D eigenvalue weighted by atomic mass is 10.1. The summed E-state index contributed by atoms with van der Waals surface area (Å²) in [5.74, 6) is 0. The Morgan fingerprint density at radius 1 is 1.50 bits per heavy atom. The van der Waals surface area contributed by atoms with Gasteiger partial charge in [0, 0.05) is 11.4 Å². The van der Waals surface area contributed by atoms with Crippen LogP contribution in [-0.2, 0) is 11.2 Å². The first-order chi connectivity index (χ1) is 5.59. The van der Waals surface area contributed by atoms with E-state index in [1.165, 1.54) is 0 Å². The van der Waals surface area contributed by atoms with Crippen LogP contribution in [0.1, 0.15) is 11.1 Å². The molecule has 0 saturated carbocycles. The molecule has 0 aliphatic carbocycles. The molecule has 1 rings (SSSR count). The molecule has 3 heteroatoms. The van der Waals surface area contributed by atoms with Gasteiger partial charge >= 0.3 is 0 Å². The molecule has 64 valence electrons. The SMILES string of the molecule is Cc1cc(CC(=O)Cl)ccc1Cl. The predicted octanol–water partition coefficient (Wildman–Crippen LogP) is 2.96. The standard InChI is InChI=1S/C9H8Cl2O/c1-6-4-7(5-9(11)12)2-3-8(6)10/h2-4H,5H2,1H3. The minimum absolute atomic E-state index is 0.263. The third-order valence-electron chi connectivity index (χ3n) is 1.57. The molecule has 0 amide bonds. The molecule has 0 saturated heterocycles. The van der Waals surface area contributed by atoms with Crippen molar-refractivity contribution in [2.75, 3.05) is 0 Å². The van der Waals surface area contributed by atoms with E-state index in [1.807, 2.05) is 13.0 Å². The Bertz CT molecular complexity index is 307. The number of carbonyl (C=O) groups is 1. The van der Waals surface area contributed by atoms with Crippen LogP contribution in [0.2, 0.25) is 5.02 Å². The van der Waals surface area contributed by atoms with Gasteiger partial charge in [-0.2, -0.15) is 0 Å². The van der Waals surface area contributed by atoms with Gasteiger partial charge in [0.15, 0.2) is 0 Å². The van der Waals surface area contributed by atoms with E-state index in [0.717, 1.165) is 11.1 Å². The van der Waals surface area contributed by atoms with Gasteiger partial charge in [-0.3, -0.25) is 4.79 Å². The number of aryl methyl sites for hydroxylation is 1. The van der Waals surface area contributed by atoms with Crippen molar-refractivity contribution in [1.82, 2.24) is 0 Å².